The van der Waals surface area contributed by atoms with E-state index in [2.05, 4.69) is 4.90 Å². The summed E-state index contributed by atoms with van der Waals surface area (Å²) in [5.41, 5.74) is 6.43. The summed E-state index contributed by atoms with van der Waals surface area (Å²) < 4.78 is 44.3. The topological polar surface area (TPSA) is 131 Å². The van der Waals surface area contributed by atoms with E-state index in [1.165, 1.54) is 12.1 Å². The lowest BCUT2D eigenvalue weighted by molar-refractivity contribution is 0.380. The highest BCUT2D eigenvalue weighted by molar-refractivity contribution is 7.79. The van der Waals surface area contributed by atoms with Gasteiger partial charge < -0.3 is 15.5 Å². The third kappa shape index (κ3) is 6.88. The molecule has 1 saturated heterocycles. The Hall–Kier alpha value is -1.91. The summed E-state index contributed by atoms with van der Waals surface area (Å²) >= 11 is 0. The lowest BCUT2D eigenvalue weighted by atomic mass is 10.2. The molecule has 0 spiro atoms. The van der Waals surface area contributed by atoms with Gasteiger partial charge in [0, 0.05) is 31.9 Å². The predicted molar refractivity (Wildman–Crippen MR) is 76.3 cm³/mol. The maximum Gasteiger partial charge on any atom is 0.394 e. The van der Waals surface area contributed by atoms with Crippen molar-refractivity contribution in [1.29, 1.82) is 5.41 Å². The molecule has 0 bridgehead atoms. The zero-order valence-corrected chi connectivity index (χ0v) is 11.9. The minimum Gasteiger partial charge on any atom is -0.370 e. The second-order valence-electron chi connectivity index (χ2n) is 4.28. The molecule has 1 aliphatic rings. The van der Waals surface area contributed by atoms with Crippen molar-refractivity contribution >= 4 is 22.0 Å². The summed E-state index contributed by atoms with van der Waals surface area (Å²) in [5.74, 6) is -0.0927. The van der Waals surface area contributed by atoms with Gasteiger partial charge in [-0.25, -0.2) is 4.39 Å². The molecule has 1 aromatic carbocycles. The summed E-state index contributed by atoms with van der Waals surface area (Å²) in [6, 6.07) is 6.48. The minimum atomic E-state index is -4.67. The number of benzene rings is 1. The molecule has 1 aliphatic heterocycles. The molecule has 118 valence electrons. The van der Waals surface area contributed by atoms with Crippen LogP contribution in [0.2, 0.25) is 0 Å². The Labute approximate surface area is 122 Å². The van der Waals surface area contributed by atoms with E-state index in [0.717, 1.165) is 31.9 Å². The van der Waals surface area contributed by atoms with Crippen molar-refractivity contribution in [3.63, 3.8) is 0 Å². The van der Waals surface area contributed by atoms with Gasteiger partial charge in [0.25, 0.3) is 0 Å². The first-order valence-electron chi connectivity index (χ1n) is 5.96. The summed E-state index contributed by atoms with van der Waals surface area (Å²) in [4.78, 5) is 4.00. The van der Waals surface area contributed by atoms with E-state index in [0.29, 0.717) is 0 Å². The monoisotopic (exact) mass is 320 g/mol. The van der Waals surface area contributed by atoms with Crippen LogP contribution >= 0.6 is 0 Å². The third-order valence-electron chi connectivity index (χ3n) is 2.81. The average molecular weight is 320 g/mol. The van der Waals surface area contributed by atoms with Crippen LogP contribution in [0, 0.1) is 11.2 Å². The highest BCUT2D eigenvalue weighted by atomic mass is 32.3. The molecule has 2 rings (SSSR count). The van der Waals surface area contributed by atoms with E-state index in [-0.39, 0.29) is 11.8 Å². The number of hydrogen-bond donors (Lipinski definition) is 4. The molecule has 0 radical (unpaired) electrons. The van der Waals surface area contributed by atoms with Crippen molar-refractivity contribution < 1.29 is 21.9 Å². The quantitative estimate of drug-likeness (QED) is 0.330. The molecule has 0 aliphatic carbocycles. The van der Waals surface area contributed by atoms with Gasteiger partial charge in [0.15, 0.2) is 5.96 Å². The molecule has 1 heterocycles. The Morgan fingerprint density at radius 2 is 1.57 bits per heavy atom. The van der Waals surface area contributed by atoms with Gasteiger partial charge in [-0.05, 0) is 24.3 Å². The largest absolute Gasteiger partial charge is 0.394 e. The minimum absolute atomic E-state index is 0.124. The summed E-state index contributed by atoms with van der Waals surface area (Å²) in [7, 11) is -4.67. The van der Waals surface area contributed by atoms with Crippen molar-refractivity contribution in [1.82, 2.24) is 4.90 Å². The molecule has 21 heavy (non-hydrogen) atoms. The standard InChI is InChI=1S/C11H15FN4.H2O4S/c12-9-1-3-10(4-2-9)15-5-7-16(8-6-15)11(13)14;1-5(2,3)4/h1-4H,5-8H2,(H3,13,14);(H2,1,2,3,4). The van der Waals surface area contributed by atoms with Crippen molar-refractivity contribution in [2.45, 2.75) is 0 Å². The number of rotatable bonds is 1. The van der Waals surface area contributed by atoms with Crippen LogP contribution in [0.5, 0.6) is 0 Å². The van der Waals surface area contributed by atoms with Crippen LogP contribution in [0.3, 0.4) is 0 Å². The van der Waals surface area contributed by atoms with Crippen LogP contribution in [0.15, 0.2) is 24.3 Å². The molecule has 5 N–H and O–H groups in total. The van der Waals surface area contributed by atoms with E-state index in [4.69, 9.17) is 28.7 Å². The van der Waals surface area contributed by atoms with E-state index >= 15 is 0 Å². The van der Waals surface area contributed by atoms with Crippen LogP contribution in [-0.4, -0.2) is 54.6 Å². The smallest absolute Gasteiger partial charge is 0.370 e. The molecule has 10 heteroatoms. The SMILES string of the molecule is N=C(N)N1CCN(c2ccc(F)cc2)CC1.O=S(=O)(O)O. The van der Waals surface area contributed by atoms with Crippen LogP contribution in [0.25, 0.3) is 0 Å². The lowest BCUT2D eigenvalue weighted by Crippen LogP contribution is -2.50. The Bertz CT molecular complexity index is 562. The van der Waals surface area contributed by atoms with E-state index < -0.39 is 10.4 Å². The third-order valence-corrected chi connectivity index (χ3v) is 2.81. The average Bonchev–Trinajstić information content (AvgIpc) is 2.38. The van der Waals surface area contributed by atoms with Gasteiger partial charge in [0.05, 0.1) is 0 Å². The summed E-state index contributed by atoms with van der Waals surface area (Å²) in [5, 5.41) is 7.32. The summed E-state index contributed by atoms with van der Waals surface area (Å²) in [6.07, 6.45) is 0. The Morgan fingerprint density at radius 1 is 1.14 bits per heavy atom. The number of anilines is 1. The number of nitrogens with zero attached hydrogens (tertiary/aromatic N) is 2. The van der Waals surface area contributed by atoms with Crippen molar-refractivity contribution in [2.75, 3.05) is 31.1 Å². The van der Waals surface area contributed by atoms with Gasteiger partial charge >= 0.3 is 10.4 Å². The normalized spacial score (nSPS) is 15.2. The number of piperazine rings is 1. The van der Waals surface area contributed by atoms with Gasteiger partial charge in [-0.2, -0.15) is 8.42 Å². The fourth-order valence-corrected chi connectivity index (χ4v) is 1.86. The molecule has 0 aromatic heterocycles. The number of guanidine groups is 1. The second kappa shape index (κ2) is 7.20. The molecule has 1 aromatic rings. The Kier molecular flexibility index (Phi) is 5.88. The molecular weight excluding hydrogens is 303 g/mol. The molecule has 1 fully saturated rings. The Morgan fingerprint density at radius 3 is 1.95 bits per heavy atom. The van der Waals surface area contributed by atoms with E-state index in [9.17, 15) is 4.39 Å². The molecule has 8 nitrogen and oxygen atoms in total. The van der Waals surface area contributed by atoms with Crippen molar-refractivity contribution in [3.8, 4) is 0 Å². The van der Waals surface area contributed by atoms with Gasteiger partial charge in [-0.3, -0.25) is 14.5 Å². The van der Waals surface area contributed by atoms with E-state index in [1.807, 2.05) is 4.90 Å². The Balaban J connectivity index is 0.000000383. The van der Waals surface area contributed by atoms with Crippen LogP contribution in [0.4, 0.5) is 10.1 Å². The van der Waals surface area contributed by atoms with Crippen LogP contribution in [-0.2, 0) is 10.4 Å². The lowest BCUT2D eigenvalue weighted by Gasteiger charge is -2.36. The van der Waals surface area contributed by atoms with Gasteiger partial charge in [-0.1, -0.05) is 0 Å². The highest BCUT2D eigenvalue weighted by Crippen LogP contribution is 2.16. The van der Waals surface area contributed by atoms with Gasteiger partial charge in [0.2, 0.25) is 0 Å². The molecule has 0 amide bonds. The first kappa shape index (κ1) is 17.1. The number of nitrogens with one attached hydrogen (secondary N) is 1. The fourth-order valence-electron chi connectivity index (χ4n) is 1.86. The maximum atomic E-state index is 12.8. The van der Waals surface area contributed by atoms with E-state index in [1.54, 1.807) is 12.1 Å². The zero-order chi connectivity index (χ0) is 16.0. The first-order chi connectivity index (χ1) is 9.66. The fraction of sp³-hybridized carbons (Fsp3) is 0.364. The van der Waals surface area contributed by atoms with Crippen LogP contribution < -0.4 is 10.6 Å². The first-order valence-corrected chi connectivity index (χ1v) is 7.36. The van der Waals surface area contributed by atoms with Gasteiger partial charge in [-0.15, -0.1) is 0 Å². The number of halogens is 1. The second-order valence-corrected chi connectivity index (χ2v) is 5.18. The molecular formula is C11H17FN4O4S. The maximum absolute atomic E-state index is 12.8. The van der Waals surface area contributed by atoms with Crippen molar-refractivity contribution in [3.05, 3.63) is 30.1 Å². The highest BCUT2D eigenvalue weighted by Gasteiger charge is 2.17. The molecule has 0 unspecified atom stereocenters. The molecule has 0 atom stereocenters. The molecule has 0 saturated carbocycles. The van der Waals surface area contributed by atoms with Crippen molar-refractivity contribution in [2.24, 2.45) is 5.73 Å². The number of hydrogen-bond acceptors (Lipinski definition) is 4. The number of nitrogens with two attached hydrogens (primary N) is 1. The predicted octanol–water partition coefficient (Wildman–Crippen LogP) is 0.188. The summed E-state index contributed by atoms with van der Waals surface area (Å²) in [6.45, 7) is 3.11. The van der Waals surface area contributed by atoms with Gasteiger partial charge in [0.1, 0.15) is 5.82 Å². The zero-order valence-electron chi connectivity index (χ0n) is 11.1. The van der Waals surface area contributed by atoms with Crippen LogP contribution in [0.1, 0.15) is 0 Å².